The Morgan fingerprint density at radius 2 is 2.00 bits per heavy atom. The van der Waals surface area contributed by atoms with E-state index in [0.717, 1.165) is 10.5 Å². The van der Waals surface area contributed by atoms with Crippen molar-refractivity contribution < 1.29 is 9.59 Å². The Morgan fingerprint density at radius 3 is 2.56 bits per heavy atom. The predicted octanol–water partition coefficient (Wildman–Crippen LogP) is 1.17. The zero-order valence-electron chi connectivity index (χ0n) is 10.3. The van der Waals surface area contributed by atoms with Crippen molar-refractivity contribution in [2.75, 3.05) is 13.1 Å². The van der Waals surface area contributed by atoms with Gasteiger partial charge in [-0.3, -0.25) is 9.69 Å². The van der Waals surface area contributed by atoms with Crippen LogP contribution in [0.2, 0.25) is 0 Å². The summed E-state index contributed by atoms with van der Waals surface area (Å²) in [7, 11) is 0. The molecule has 0 unspecified atom stereocenters. The molecule has 0 aliphatic heterocycles. The SMILES string of the molecule is CC(=O)N(CCN)C(=O)N/C=C/c1ccccc1. The van der Waals surface area contributed by atoms with Gasteiger partial charge in [-0.05, 0) is 11.6 Å². The van der Waals surface area contributed by atoms with E-state index >= 15 is 0 Å². The zero-order chi connectivity index (χ0) is 13.4. The summed E-state index contributed by atoms with van der Waals surface area (Å²) < 4.78 is 0. The topological polar surface area (TPSA) is 75.4 Å². The molecule has 0 radical (unpaired) electrons. The van der Waals surface area contributed by atoms with Crippen LogP contribution in [0, 0.1) is 0 Å². The van der Waals surface area contributed by atoms with Gasteiger partial charge in [0.2, 0.25) is 5.91 Å². The lowest BCUT2D eigenvalue weighted by Crippen LogP contribution is -2.43. The largest absolute Gasteiger partial charge is 0.329 e. The van der Waals surface area contributed by atoms with Crippen molar-refractivity contribution in [1.82, 2.24) is 10.2 Å². The minimum absolute atomic E-state index is 0.209. The maximum atomic E-state index is 11.7. The molecule has 0 bridgehead atoms. The van der Waals surface area contributed by atoms with Crippen molar-refractivity contribution >= 4 is 18.0 Å². The van der Waals surface area contributed by atoms with E-state index < -0.39 is 6.03 Å². The zero-order valence-corrected chi connectivity index (χ0v) is 10.3. The standard InChI is InChI=1S/C13H17N3O2/c1-11(17)16(10-8-14)13(18)15-9-7-12-5-3-2-4-6-12/h2-7,9H,8,10,14H2,1H3,(H,15,18)/b9-7+. The van der Waals surface area contributed by atoms with E-state index in [-0.39, 0.29) is 19.0 Å². The van der Waals surface area contributed by atoms with Crippen LogP contribution in [0.15, 0.2) is 36.5 Å². The van der Waals surface area contributed by atoms with Crippen molar-refractivity contribution in [3.63, 3.8) is 0 Å². The normalized spacial score (nSPS) is 10.3. The molecule has 0 spiro atoms. The van der Waals surface area contributed by atoms with Gasteiger partial charge in [0.15, 0.2) is 0 Å². The van der Waals surface area contributed by atoms with Gasteiger partial charge < -0.3 is 11.1 Å². The molecule has 1 aromatic rings. The molecule has 0 heterocycles. The first-order chi connectivity index (χ1) is 8.65. The number of imide groups is 1. The summed E-state index contributed by atoms with van der Waals surface area (Å²) in [5.74, 6) is -0.328. The molecular formula is C13H17N3O2. The van der Waals surface area contributed by atoms with Crippen molar-refractivity contribution in [2.45, 2.75) is 6.92 Å². The minimum atomic E-state index is -0.472. The quantitative estimate of drug-likeness (QED) is 0.838. The molecule has 0 aliphatic rings. The van der Waals surface area contributed by atoms with Crippen LogP contribution < -0.4 is 11.1 Å². The summed E-state index contributed by atoms with van der Waals surface area (Å²) in [6.07, 6.45) is 3.25. The maximum Gasteiger partial charge on any atom is 0.328 e. The summed E-state index contributed by atoms with van der Waals surface area (Å²) in [5, 5.41) is 2.53. The number of nitrogens with zero attached hydrogens (tertiary/aromatic N) is 1. The number of nitrogens with two attached hydrogens (primary N) is 1. The van der Waals surface area contributed by atoms with Gasteiger partial charge in [-0.2, -0.15) is 0 Å². The predicted molar refractivity (Wildman–Crippen MR) is 70.4 cm³/mol. The summed E-state index contributed by atoms with van der Waals surface area (Å²) in [4.78, 5) is 23.9. The molecule has 0 saturated heterocycles. The van der Waals surface area contributed by atoms with Gasteiger partial charge in [-0.15, -0.1) is 0 Å². The number of rotatable bonds is 4. The summed E-state index contributed by atoms with van der Waals surface area (Å²) >= 11 is 0. The summed E-state index contributed by atoms with van der Waals surface area (Å²) in [6.45, 7) is 1.78. The molecule has 1 rings (SSSR count). The van der Waals surface area contributed by atoms with Crippen LogP contribution in [0.5, 0.6) is 0 Å². The molecule has 3 N–H and O–H groups in total. The summed E-state index contributed by atoms with van der Waals surface area (Å²) in [6, 6.07) is 9.06. The monoisotopic (exact) mass is 247 g/mol. The second-order valence-electron chi connectivity index (χ2n) is 3.65. The van der Waals surface area contributed by atoms with E-state index in [0.29, 0.717) is 0 Å². The molecule has 5 heteroatoms. The van der Waals surface area contributed by atoms with Gasteiger partial charge in [0.05, 0.1) is 0 Å². The first kappa shape index (κ1) is 13.9. The van der Waals surface area contributed by atoms with Crippen molar-refractivity contribution in [2.24, 2.45) is 5.73 Å². The fraction of sp³-hybridized carbons (Fsp3) is 0.231. The van der Waals surface area contributed by atoms with Crippen LogP contribution in [0.3, 0.4) is 0 Å². The van der Waals surface area contributed by atoms with Crippen molar-refractivity contribution in [3.05, 3.63) is 42.1 Å². The molecule has 5 nitrogen and oxygen atoms in total. The first-order valence-corrected chi connectivity index (χ1v) is 5.65. The van der Waals surface area contributed by atoms with E-state index in [9.17, 15) is 9.59 Å². The number of benzene rings is 1. The van der Waals surface area contributed by atoms with Crippen LogP contribution in [0.25, 0.3) is 6.08 Å². The molecule has 0 fully saturated rings. The van der Waals surface area contributed by atoms with E-state index in [1.165, 1.54) is 13.1 Å². The van der Waals surface area contributed by atoms with Crippen LogP contribution >= 0.6 is 0 Å². The molecule has 0 atom stereocenters. The second kappa shape index (κ2) is 7.24. The van der Waals surface area contributed by atoms with E-state index in [1.807, 2.05) is 30.3 Å². The van der Waals surface area contributed by atoms with Crippen LogP contribution in [0.1, 0.15) is 12.5 Å². The van der Waals surface area contributed by atoms with Crippen molar-refractivity contribution in [1.29, 1.82) is 0 Å². The lowest BCUT2D eigenvalue weighted by molar-refractivity contribution is -0.125. The van der Waals surface area contributed by atoms with E-state index in [1.54, 1.807) is 6.08 Å². The van der Waals surface area contributed by atoms with Gasteiger partial charge in [-0.25, -0.2) is 4.79 Å². The van der Waals surface area contributed by atoms with Gasteiger partial charge in [0, 0.05) is 26.2 Å². The number of hydrogen-bond acceptors (Lipinski definition) is 3. The van der Waals surface area contributed by atoms with Crippen molar-refractivity contribution in [3.8, 4) is 0 Å². The van der Waals surface area contributed by atoms with Crippen LogP contribution in [-0.4, -0.2) is 29.9 Å². The maximum absolute atomic E-state index is 11.7. The smallest absolute Gasteiger partial charge is 0.328 e. The van der Waals surface area contributed by atoms with E-state index in [2.05, 4.69) is 5.32 Å². The molecule has 96 valence electrons. The van der Waals surface area contributed by atoms with Gasteiger partial charge in [0.25, 0.3) is 0 Å². The molecule has 0 saturated carbocycles. The number of amides is 3. The van der Waals surface area contributed by atoms with E-state index in [4.69, 9.17) is 5.73 Å². The fourth-order valence-electron chi connectivity index (χ4n) is 1.38. The first-order valence-electron chi connectivity index (χ1n) is 5.65. The number of nitrogens with one attached hydrogen (secondary N) is 1. The Morgan fingerprint density at radius 1 is 1.33 bits per heavy atom. The Kier molecular flexibility index (Phi) is 5.60. The number of carbonyl (C=O) groups excluding carboxylic acids is 2. The van der Waals surface area contributed by atoms with Gasteiger partial charge >= 0.3 is 6.03 Å². The number of urea groups is 1. The molecule has 0 aliphatic carbocycles. The Balaban J connectivity index is 2.54. The molecule has 18 heavy (non-hydrogen) atoms. The molecule has 1 aromatic carbocycles. The highest BCUT2D eigenvalue weighted by atomic mass is 16.2. The highest BCUT2D eigenvalue weighted by Gasteiger charge is 2.15. The van der Waals surface area contributed by atoms with Gasteiger partial charge in [0.1, 0.15) is 0 Å². The third kappa shape index (κ3) is 4.39. The number of hydrogen-bond donors (Lipinski definition) is 2. The lowest BCUT2D eigenvalue weighted by Gasteiger charge is -2.17. The second-order valence-corrected chi connectivity index (χ2v) is 3.65. The number of carbonyl (C=O) groups is 2. The molecular weight excluding hydrogens is 230 g/mol. The highest BCUT2D eigenvalue weighted by Crippen LogP contribution is 2.00. The average molecular weight is 247 g/mol. The van der Waals surface area contributed by atoms with Crippen LogP contribution in [0.4, 0.5) is 4.79 Å². The van der Waals surface area contributed by atoms with Gasteiger partial charge in [-0.1, -0.05) is 30.3 Å². The Hall–Kier alpha value is -2.14. The Labute approximate surface area is 106 Å². The minimum Gasteiger partial charge on any atom is -0.329 e. The fourth-order valence-corrected chi connectivity index (χ4v) is 1.38. The highest BCUT2D eigenvalue weighted by molar-refractivity contribution is 5.93. The average Bonchev–Trinajstić information content (AvgIpc) is 2.36. The molecule has 0 aromatic heterocycles. The molecule has 3 amide bonds. The third-order valence-electron chi connectivity index (χ3n) is 2.26. The lowest BCUT2D eigenvalue weighted by atomic mass is 10.2. The third-order valence-corrected chi connectivity index (χ3v) is 2.26. The summed E-state index contributed by atoms with van der Waals surface area (Å²) in [5.41, 5.74) is 6.30. The Bertz CT molecular complexity index is 429. The van der Waals surface area contributed by atoms with Crippen LogP contribution in [-0.2, 0) is 4.79 Å².